The Morgan fingerprint density at radius 3 is 2.38 bits per heavy atom. The van der Waals surface area contributed by atoms with Crippen molar-refractivity contribution in [2.75, 3.05) is 7.11 Å². The van der Waals surface area contributed by atoms with Gasteiger partial charge in [0.05, 0.1) is 6.61 Å². The number of nitrogens with two attached hydrogens (primary N) is 1. The number of aliphatic carboxylic acids is 1. The first-order valence-electron chi connectivity index (χ1n) is 6.34. The lowest BCUT2D eigenvalue weighted by Crippen LogP contribution is -2.41. The van der Waals surface area contributed by atoms with Crippen LogP contribution in [0.5, 0.6) is 0 Å². The van der Waals surface area contributed by atoms with Gasteiger partial charge in [-0.2, -0.15) is 0 Å². The second kappa shape index (κ2) is 8.01. The van der Waals surface area contributed by atoms with Crippen molar-refractivity contribution in [1.29, 1.82) is 0 Å². The van der Waals surface area contributed by atoms with E-state index in [4.69, 9.17) is 15.6 Å². The van der Waals surface area contributed by atoms with E-state index in [1.807, 2.05) is 0 Å². The van der Waals surface area contributed by atoms with E-state index < -0.39 is 23.8 Å². The quantitative estimate of drug-likeness (QED) is 0.636. The third-order valence-corrected chi connectivity index (χ3v) is 2.81. The number of benzene rings is 1. The van der Waals surface area contributed by atoms with Gasteiger partial charge in [-0.1, -0.05) is 12.1 Å². The zero-order valence-corrected chi connectivity index (χ0v) is 11.7. The maximum atomic E-state index is 12.0. The van der Waals surface area contributed by atoms with E-state index in [9.17, 15) is 14.4 Å². The summed E-state index contributed by atoms with van der Waals surface area (Å²) in [7, 11) is 1.57. The van der Waals surface area contributed by atoms with Gasteiger partial charge in [-0.05, 0) is 24.1 Å². The highest BCUT2D eigenvalue weighted by Crippen LogP contribution is 2.07. The van der Waals surface area contributed by atoms with Crippen LogP contribution in [0.1, 0.15) is 28.8 Å². The van der Waals surface area contributed by atoms with Crippen molar-refractivity contribution in [3.05, 3.63) is 35.4 Å². The molecule has 7 heteroatoms. The first-order valence-corrected chi connectivity index (χ1v) is 6.34. The van der Waals surface area contributed by atoms with Crippen LogP contribution in [0.3, 0.4) is 0 Å². The maximum absolute atomic E-state index is 12.0. The van der Waals surface area contributed by atoms with E-state index in [1.165, 1.54) is 0 Å². The van der Waals surface area contributed by atoms with Crippen molar-refractivity contribution in [2.24, 2.45) is 5.73 Å². The smallest absolute Gasteiger partial charge is 0.326 e. The molecule has 21 heavy (non-hydrogen) atoms. The number of hydrogen-bond donors (Lipinski definition) is 3. The molecule has 1 rings (SSSR count). The van der Waals surface area contributed by atoms with E-state index in [0.29, 0.717) is 12.2 Å². The number of ether oxygens (including phenoxy) is 1. The number of primary amides is 1. The number of rotatable bonds is 8. The first-order chi connectivity index (χ1) is 9.93. The van der Waals surface area contributed by atoms with Crippen LogP contribution in [0.15, 0.2) is 24.3 Å². The normalized spacial score (nSPS) is 11.7. The molecule has 0 fully saturated rings. The fourth-order valence-electron chi connectivity index (χ4n) is 1.70. The Morgan fingerprint density at radius 1 is 1.29 bits per heavy atom. The van der Waals surface area contributed by atoms with E-state index in [0.717, 1.165) is 5.56 Å². The Morgan fingerprint density at radius 2 is 1.90 bits per heavy atom. The van der Waals surface area contributed by atoms with Crippen LogP contribution < -0.4 is 11.1 Å². The molecular formula is C14H18N2O5. The zero-order chi connectivity index (χ0) is 15.8. The summed E-state index contributed by atoms with van der Waals surface area (Å²) < 4.78 is 4.96. The van der Waals surface area contributed by atoms with Crippen molar-refractivity contribution in [3.63, 3.8) is 0 Å². The van der Waals surface area contributed by atoms with Gasteiger partial charge < -0.3 is 20.9 Å². The average molecular weight is 294 g/mol. The summed E-state index contributed by atoms with van der Waals surface area (Å²) in [6.45, 7) is 0.429. The molecule has 0 aliphatic heterocycles. The average Bonchev–Trinajstić information content (AvgIpc) is 2.43. The molecular weight excluding hydrogens is 276 g/mol. The summed E-state index contributed by atoms with van der Waals surface area (Å²) in [4.78, 5) is 33.7. The molecule has 0 heterocycles. The third-order valence-electron chi connectivity index (χ3n) is 2.81. The summed E-state index contributed by atoms with van der Waals surface area (Å²) in [6.07, 6.45) is -0.151. The molecule has 0 aliphatic carbocycles. The van der Waals surface area contributed by atoms with E-state index >= 15 is 0 Å². The predicted octanol–water partition coefficient (Wildman–Crippen LogP) is 0.282. The van der Waals surface area contributed by atoms with Crippen molar-refractivity contribution in [1.82, 2.24) is 5.32 Å². The van der Waals surface area contributed by atoms with Crippen LogP contribution in [0, 0.1) is 0 Å². The lowest BCUT2D eigenvalue weighted by Gasteiger charge is -2.13. The van der Waals surface area contributed by atoms with E-state index in [1.54, 1.807) is 31.4 Å². The highest BCUT2D eigenvalue weighted by molar-refractivity contribution is 5.96. The molecule has 0 unspecified atom stereocenters. The number of carbonyl (C=O) groups is 3. The van der Waals surface area contributed by atoms with Gasteiger partial charge in [-0.3, -0.25) is 9.59 Å². The molecule has 1 atom stereocenters. The van der Waals surface area contributed by atoms with Gasteiger partial charge in [0.1, 0.15) is 6.04 Å². The van der Waals surface area contributed by atoms with E-state index in [2.05, 4.69) is 5.32 Å². The molecule has 7 nitrogen and oxygen atoms in total. The van der Waals surface area contributed by atoms with Gasteiger partial charge in [0.25, 0.3) is 5.91 Å². The summed E-state index contributed by atoms with van der Waals surface area (Å²) in [5, 5.41) is 11.4. The van der Waals surface area contributed by atoms with Crippen LogP contribution in [0.25, 0.3) is 0 Å². The molecule has 0 saturated carbocycles. The van der Waals surface area contributed by atoms with Crippen LogP contribution in [0.4, 0.5) is 0 Å². The standard InChI is InChI=1S/C14H18N2O5/c1-21-8-9-2-4-10(5-3-9)13(18)16-11(14(19)20)6-7-12(15)17/h2-5,11H,6-8H2,1H3,(H2,15,17)(H,16,18)(H,19,20)/t11-/m1/s1. The molecule has 2 amide bonds. The van der Waals surface area contributed by atoms with Crippen LogP contribution in [0.2, 0.25) is 0 Å². The second-order valence-electron chi connectivity index (χ2n) is 4.50. The first kappa shape index (κ1) is 16.6. The Labute approximate surface area is 122 Å². The van der Waals surface area contributed by atoms with Gasteiger partial charge in [0.15, 0.2) is 0 Å². The molecule has 0 spiro atoms. The van der Waals surface area contributed by atoms with Crippen LogP contribution >= 0.6 is 0 Å². The van der Waals surface area contributed by atoms with Crippen molar-refractivity contribution in [2.45, 2.75) is 25.5 Å². The third kappa shape index (κ3) is 5.62. The van der Waals surface area contributed by atoms with Crippen LogP contribution in [-0.4, -0.2) is 36.0 Å². The summed E-state index contributed by atoms with van der Waals surface area (Å²) in [5.74, 6) is -2.34. The minimum Gasteiger partial charge on any atom is -0.480 e. The lowest BCUT2D eigenvalue weighted by molar-refractivity contribution is -0.139. The molecule has 0 bridgehead atoms. The molecule has 0 saturated heterocycles. The fraction of sp³-hybridized carbons (Fsp3) is 0.357. The van der Waals surface area contributed by atoms with Gasteiger partial charge in [-0.25, -0.2) is 4.79 Å². The number of carboxylic acid groups (broad SMARTS) is 1. The highest BCUT2D eigenvalue weighted by Gasteiger charge is 2.21. The maximum Gasteiger partial charge on any atom is 0.326 e. The SMILES string of the molecule is COCc1ccc(C(=O)N[C@H](CCC(N)=O)C(=O)O)cc1. The fourth-order valence-corrected chi connectivity index (χ4v) is 1.70. The molecule has 0 aromatic heterocycles. The lowest BCUT2D eigenvalue weighted by atomic mass is 10.1. The van der Waals surface area contributed by atoms with E-state index in [-0.39, 0.29) is 12.8 Å². The van der Waals surface area contributed by atoms with Gasteiger partial charge >= 0.3 is 5.97 Å². The molecule has 0 aliphatic rings. The predicted molar refractivity (Wildman–Crippen MR) is 74.5 cm³/mol. The number of carbonyl (C=O) groups excluding carboxylic acids is 2. The number of carboxylic acids is 1. The summed E-state index contributed by atoms with van der Waals surface area (Å²) in [6, 6.07) is 5.45. The number of amides is 2. The summed E-state index contributed by atoms with van der Waals surface area (Å²) in [5.41, 5.74) is 6.21. The van der Waals surface area contributed by atoms with Crippen molar-refractivity contribution >= 4 is 17.8 Å². The van der Waals surface area contributed by atoms with Gasteiger partial charge in [0, 0.05) is 19.1 Å². The minimum atomic E-state index is -1.21. The number of methoxy groups -OCH3 is 1. The number of hydrogen-bond acceptors (Lipinski definition) is 4. The Kier molecular flexibility index (Phi) is 6.35. The Balaban J connectivity index is 2.67. The van der Waals surface area contributed by atoms with Crippen molar-refractivity contribution < 1.29 is 24.2 Å². The van der Waals surface area contributed by atoms with Gasteiger partial charge in [0.2, 0.25) is 5.91 Å². The van der Waals surface area contributed by atoms with Gasteiger partial charge in [-0.15, -0.1) is 0 Å². The minimum absolute atomic E-state index is 0.0435. The zero-order valence-electron chi connectivity index (χ0n) is 11.7. The molecule has 1 aromatic rings. The molecule has 4 N–H and O–H groups in total. The molecule has 114 valence electrons. The van der Waals surface area contributed by atoms with Crippen molar-refractivity contribution in [3.8, 4) is 0 Å². The highest BCUT2D eigenvalue weighted by atomic mass is 16.5. The number of nitrogens with one attached hydrogen (secondary N) is 1. The van der Waals surface area contributed by atoms with Crippen LogP contribution in [-0.2, 0) is 20.9 Å². The monoisotopic (exact) mass is 294 g/mol. The molecule has 1 aromatic carbocycles. The second-order valence-corrected chi connectivity index (χ2v) is 4.50. The Bertz CT molecular complexity index is 513. The molecule has 0 radical (unpaired) electrons. The largest absolute Gasteiger partial charge is 0.480 e. The topological polar surface area (TPSA) is 119 Å². The summed E-state index contributed by atoms with van der Waals surface area (Å²) >= 11 is 0. The Hall–Kier alpha value is -2.41.